The highest BCUT2D eigenvalue weighted by Crippen LogP contribution is 2.63. The van der Waals surface area contributed by atoms with Gasteiger partial charge in [-0.2, -0.15) is 0 Å². The van der Waals surface area contributed by atoms with Crippen molar-refractivity contribution >= 4 is 23.3 Å². The van der Waals surface area contributed by atoms with Gasteiger partial charge in [-0.3, -0.25) is 14.6 Å². The molecule has 0 radical (unpaired) electrons. The van der Waals surface area contributed by atoms with Gasteiger partial charge in [-0.25, -0.2) is 0 Å². The van der Waals surface area contributed by atoms with Crippen molar-refractivity contribution in [3.63, 3.8) is 0 Å². The van der Waals surface area contributed by atoms with Crippen molar-refractivity contribution in [1.29, 1.82) is 0 Å². The number of rotatable bonds is 8. The molecule has 4 bridgehead atoms. The number of hydrogen-bond acceptors (Lipinski definition) is 4. The Morgan fingerprint density at radius 1 is 1.03 bits per heavy atom. The van der Waals surface area contributed by atoms with Gasteiger partial charge in [0.2, 0.25) is 5.91 Å². The van der Waals surface area contributed by atoms with Gasteiger partial charge in [0.1, 0.15) is 5.78 Å². The van der Waals surface area contributed by atoms with Crippen LogP contribution in [0.15, 0.2) is 48.8 Å². The summed E-state index contributed by atoms with van der Waals surface area (Å²) in [5.41, 5.74) is 8.75. The molecule has 35 heavy (non-hydrogen) atoms. The summed E-state index contributed by atoms with van der Waals surface area (Å²) in [5, 5.41) is 3.93. The Morgan fingerprint density at radius 3 is 2.31 bits per heavy atom. The lowest BCUT2D eigenvalue weighted by atomic mass is 9.44. The number of nitrogens with two attached hydrogens (primary N) is 1. The molecule has 3 N–H and O–H groups in total. The van der Waals surface area contributed by atoms with Crippen LogP contribution in [0.5, 0.6) is 0 Å². The first-order valence-electron chi connectivity index (χ1n) is 13.1. The first kappa shape index (κ1) is 23.2. The Kier molecular flexibility index (Phi) is 5.76. The molecule has 5 saturated carbocycles. The van der Waals surface area contributed by atoms with Gasteiger partial charge < -0.3 is 11.1 Å². The summed E-state index contributed by atoms with van der Waals surface area (Å²) in [5.74, 6) is 1.86. The second-order valence-electron chi connectivity index (χ2n) is 11.8. The second-order valence-corrected chi connectivity index (χ2v) is 12.3. The Hall–Kier alpha value is -2.24. The van der Waals surface area contributed by atoms with Crippen LogP contribution in [-0.4, -0.2) is 29.3 Å². The fourth-order valence-electron chi connectivity index (χ4n) is 7.94. The maximum atomic E-state index is 13.5. The third-order valence-corrected chi connectivity index (χ3v) is 9.93. The number of nitrogens with zero attached hydrogens (tertiary/aromatic N) is 1. The minimum absolute atomic E-state index is 0.0213. The maximum absolute atomic E-state index is 13.5. The quantitative estimate of drug-likeness (QED) is 0.570. The predicted molar refractivity (Wildman–Crippen MR) is 136 cm³/mol. The van der Waals surface area contributed by atoms with Crippen molar-refractivity contribution < 1.29 is 9.59 Å². The number of amides is 1. The van der Waals surface area contributed by atoms with E-state index in [-0.39, 0.29) is 22.7 Å². The molecule has 1 aromatic heterocycles. The van der Waals surface area contributed by atoms with E-state index in [1.165, 1.54) is 5.56 Å². The van der Waals surface area contributed by atoms with Crippen LogP contribution in [0, 0.1) is 29.1 Å². The van der Waals surface area contributed by atoms with Gasteiger partial charge in [-0.1, -0.05) is 23.7 Å². The van der Waals surface area contributed by atoms with Gasteiger partial charge in [-0.15, -0.1) is 0 Å². The summed E-state index contributed by atoms with van der Waals surface area (Å²) in [6, 6.07) is 11.4. The normalized spacial score (nSPS) is 32.7. The minimum atomic E-state index is -0.502. The molecule has 5 aliphatic rings. The average molecular weight is 492 g/mol. The molecule has 0 spiro atoms. The molecule has 3 atom stereocenters. The molecule has 1 heterocycles. The molecular formula is C29H34ClN3O2. The molecule has 0 saturated heterocycles. The summed E-state index contributed by atoms with van der Waals surface area (Å²) < 4.78 is 0. The molecule has 1 amide bonds. The second kappa shape index (κ2) is 8.70. The van der Waals surface area contributed by atoms with E-state index in [4.69, 9.17) is 17.3 Å². The molecule has 7 rings (SSSR count). The summed E-state index contributed by atoms with van der Waals surface area (Å²) in [7, 11) is 0. The number of halogens is 1. The fourth-order valence-corrected chi connectivity index (χ4v) is 8.06. The molecule has 2 unspecified atom stereocenters. The summed E-state index contributed by atoms with van der Waals surface area (Å²) in [6.07, 6.45) is 11.2. The van der Waals surface area contributed by atoms with Gasteiger partial charge >= 0.3 is 0 Å². The number of pyridine rings is 1. The van der Waals surface area contributed by atoms with E-state index in [0.29, 0.717) is 36.5 Å². The number of aromatic nitrogens is 1. The lowest BCUT2D eigenvalue weighted by molar-refractivity contribution is -0.153. The van der Waals surface area contributed by atoms with Crippen LogP contribution < -0.4 is 11.1 Å². The molecule has 5 fully saturated rings. The third kappa shape index (κ3) is 4.21. The number of carbonyl (C=O) groups excluding carboxylic acids is 2. The summed E-state index contributed by atoms with van der Waals surface area (Å²) >= 11 is 6.06. The topological polar surface area (TPSA) is 85.1 Å². The number of Topliss-reactive ketones (excluding diaryl/α,β-unsaturated/α-hetero) is 1. The highest BCUT2D eigenvalue weighted by atomic mass is 35.5. The number of hydrogen-bond donors (Lipinski definition) is 2. The lowest BCUT2D eigenvalue weighted by Crippen LogP contribution is -2.61. The number of nitrogens with one attached hydrogen (secondary N) is 1. The zero-order valence-electron chi connectivity index (χ0n) is 20.1. The maximum Gasteiger partial charge on any atom is 0.237 e. The molecule has 6 heteroatoms. The minimum Gasteiger partial charge on any atom is -0.354 e. The van der Waals surface area contributed by atoms with Crippen LogP contribution >= 0.6 is 11.6 Å². The van der Waals surface area contributed by atoms with Crippen molar-refractivity contribution in [2.75, 3.05) is 6.54 Å². The SMILES string of the molecule is N[C@H](C(=O)NCC1(c2ccc(Cl)cc2)CC1)C1C2CC3CC1CC(C(=O)Cc1ccncc1)(C3)C2. The lowest BCUT2D eigenvalue weighted by Gasteiger charge is -2.60. The number of benzene rings is 1. The largest absolute Gasteiger partial charge is 0.354 e. The highest BCUT2D eigenvalue weighted by Gasteiger charge is 2.59. The van der Waals surface area contributed by atoms with E-state index in [0.717, 1.165) is 55.5 Å². The standard InChI is InChI=1S/C29H34ClN3O2/c30-23-3-1-22(2-4-23)28(7-8-28)17-33-27(35)26(31)25-20-11-19-12-21(25)16-29(14-19,15-20)24(34)13-18-5-9-32-10-6-18/h1-6,9-10,19-21,25-26H,7-8,11-17,31H2,(H,33,35)/t19?,20?,21?,25?,26-,29?/m0/s1. The zero-order chi connectivity index (χ0) is 24.2. The predicted octanol–water partition coefficient (Wildman–Crippen LogP) is 4.46. The Bertz CT molecular complexity index is 1100. The Labute approximate surface area is 212 Å². The molecule has 184 valence electrons. The Balaban J connectivity index is 1.11. The van der Waals surface area contributed by atoms with Gasteiger partial charge in [-0.05, 0) is 104 Å². The van der Waals surface area contributed by atoms with E-state index in [2.05, 4.69) is 22.4 Å². The van der Waals surface area contributed by atoms with Crippen molar-refractivity contribution in [2.45, 2.75) is 62.8 Å². The van der Waals surface area contributed by atoms with Gasteiger partial charge in [0.25, 0.3) is 0 Å². The zero-order valence-corrected chi connectivity index (χ0v) is 20.8. The fraction of sp³-hybridized carbons (Fsp3) is 0.552. The first-order chi connectivity index (χ1) is 16.9. The molecule has 5 nitrogen and oxygen atoms in total. The van der Waals surface area contributed by atoms with Crippen LogP contribution in [-0.2, 0) is 21.4 Å². The molecule has 2 aromatic rings. The van der Waals surface area contributed by atoms with Crippen molar-refractivity contribution in [3.8, 4) is 0 Å². The summed E-state index contributed by atoms with van der Waals surface area (Å²) in [6.45, 7) is 0.625. The van der Waals surface area contributed by atoms with Crippen molar-refractivity contribution in [2.24, 2.45) is 34.8 Å². The van der Waals surface area contributed by atoms with E-state index in [9.17, 15) is 9.59 Å². The monoisotopic (exact) mass is 491 g/mol. The summed E-state index contributed by atoms with van der Waals surface area (Å²) in [4.78, 5) is 30.8. The molecule has 5 aliphatic carbocycles. The van der Waals surface area contributed by atoms with Crippen LogP contribution in [0.4, 0.5) is 0 Å². The smallest absolute Gasteiger partial charge is 0.237 e. The van der Waals surface area contributed by atoms with Gasteiger partial charge in [0.15, 0.2) is 0 Å². The van der Waals surface area contributed by atoms with E-state index in [1.54, 1.807) is 12.4 Å². The van der Waals surface area contributed by atoms with E-state index in [1.807, 2.05) is 24.3 Å². The number of carbonyl (C=O) groups is 2. The average Bonchev–Trinajstić information content (AvgIpc) is 3.64. The van der Waals surface area contributed by atoms with E-state index >= 15 is 0 Å². The Morgan fingerprint density at radius 2 is 1.69 bits per heavy atom. The molecule has 0 aliphatic heterocycles. The molecular weight excluding hydrogens is 458 g/mol. The van der Waals surface area contributed by atoms with Crippen molar-refractivity contribution in [1.82, 2.24) is 10.3 Å². The van der Waals surface area contributed by atoms with Crippen LogP contribution in [0.25, 0.3) is 0 Å². The first-order valence-corrected chi connectivity index (χ1v) is 13.5. The van der Waals surface area contributed by atoms with Crippen LogP contribution in [0.3, 0.4) is 0 Å². The van der Waals surface area contributed by atoms with Gasteiger partial charge in [0, 0.05) is 41.2 Å². The molecule has 1 aromatic carbocycles. The van der Waals surface area contributed by atoms with Gasteiger partial charge in [0.05, 0.1) is 6.04 Å². The van der Waals surface area contributed by atoms with Crippen LogP contribution in [0.2, 0.25) is 5.02 Å². The van der Waals surface area contributed by atoms with E-state index < -0.39 is 6.04 Å². The van der Waals surface area contributed by atoms with Crippen molar-refractivity contribution in [3.05, 3.63) is 64.9 Å². The van der Waals surface area contributed by atoms with Crippen LogP contribution in [0.1, 0.15) is 56.1 Å². The number of ketones is 1. The highest BCUT2D eigenvalue weighted by molar-refractivity contribution is 6.30. The third-order valence-electron chi connectivity index (χ3n) is 9.68.